The minimum absolute atomic E-state index is 0.100. The predicted octanol–water partition coefficient (Wildman–Crippen LogP) is 3.73. The van der Waals surface area contributed by atoms with Gasteiger partial charge in [0.25, 0.3) is 0 Å². The Morgan fingerprint density at radius 3 is 2.56 bits per heavy atom. The Morgan fingerprint density at radius 1 is 1.38 bits per heavy atom. The lowest BCUT2D eigenvalue weighted by Crippen LogP contribution is -2.30. The second-order valence-corrected chi connectivity index (χ2v) is 4.81. The molecule has 1 aromatic rings. The lowest BCUT2D eigenvalue weighted by Gasteiger charge is -2.22. The Morgan fingerprint density at radius 2 is 2.00 bits per heavy atom. The van der Waals surface area contributed by atoms with Crippen molar-refractivity contribution in [2.75, 3.05) is 12.4 Å². The second-order valence-electron chi connectivity index (χ2n) is 3.96. The number of rotatable bonds is 4. The van der Waals surface area contributed by atoms with E-state index >= 15 is 0 Å². The van der Waals surface area contributed by atoms with Crippen molar-refractivity contribution < 1.29 is 9.13 Å². The number of nitrogens with one attached hydrogen (secondary N) is 1. The summed E-state index contributed by atoms with van der Waals surface area (Å²) in [5.74, 6) is -0.240. The molecule has 0 aliphatic heterocycles. The molecule has 0 saturated carbocycles. The van der Waals surface area contributed by atoms with Crippen molar-refractivity contribution >= 4 is 21.6 Å². The fourth-order valence-electron chi connectivity index (χ4n) is 1.37. The number of anilines is 1. The van der Waals surface area contributed by atoms with Crippen LogP contribution in [0.4, 0.5) is 10.1 Å². The first-order valence-corrected chi connectivity index (χ1v) is 6.00. The summed E-state index contributed by atoms with van der Waals surface area (Å²) in [7, 11) is 1.68. The van der Waals surface area contributed by atoms with Crippen molar-refractivity contribution in [2.45, 2.75) is 32.9 Å². The van der Waals surface area contributed by atoms with Crippen LogP contribution in [-0.4, -0.2) is 19.3 Å². The molecule has 1 rings (SSSR count). The van der Waals surface area contributed by atoms with Crippen molar-refractivity contribution in [3.63, 3.8) is 0 Å². The smallest absolute Gasteiger partial charge is 0.137 e. The Bertz CT molecular complexity index is 370. The quantitative estimate of drug-likeness (QED) is 0.912. The Kier molecular flexibility index (Phi) is 4.74. The summed E-state index contributed by atoms with van der Waals surface area (Å²) in [5.41, 5.74) is 1.81. The highest BCUT2D eigenvalue weighted by Gasteiger charge is 2.13. The molecule has 4 heteroatoms. The Labute approximate surface area is 104 Å². The molecule has 0 aromatic heterocycles. The van der Waals surface area contributed by atoms with Crippen LogP contribution >= 0.6 is 15.9 Å². The topological polar surface area (TPSA) is 21.3 Å². The summed E-state index contributed by atoms with van der Waals surface area (Å²) < 4.78 is 18.9. The normalized spacial score (nSPS) is 14.6. The minimum atomic E-state index is -0.240. The Hall–Kier alpha value is -0.610. The van der Waals surface area contributed by atoms with Gasteiger partial charge in [0.2, 0.25) is 0 Å². The van der Waals surface area contributed by atoms with Crippen LogP contribution < -0.4 is 5.32 Å². The maximum absolute atomic E-state index is 13.2. The van der Waals surface area contributed by atoms with Gasteiger partial charge in [0.15, 0.2) is 0 Å². The van der Waals surface area contributed by atoms with Gasteiger partial charge in [-0.05, 0) is 54.4 Å². The summed E-state index contributed by atoms with van der Waals surface area (Å²) in [6.07, 6.45) is 0.100. The predicted molar refractivity (Wildman–Crippen MR) is 68.4 cm³/mol. The van der Waals surface area contributed by atoms with Crippen LogP contribution in [0.2, 0.25) is 0 Å². The van der Waals surface area contributed by atoms with E-state index in [1.165, 1.54) is 6.07 Å². The van der Waals surface area contributed by atoms with Crippen molar-refractivity contribution in [1.29, 1.82) is 0 Å². The molecule has 0 spiro atoms. The molecule has 90 valence electrons. The molecule has 2 atom stereocenters. The van der Waals surface area contributed by atoms with Gasteiger partial charge in [-0.3, -0.25) is 0 Å². The molecule has 0 aliphatic rings. The molecule has 0 bridgehead atoms. The average Bonchev–Trinajstić information content (AvgIpc) is 2.24. The van der Waals surface area contributed by atoms with E-state index < -0.39 is 0 Å². The van der Waals surface area contributed by atoms with E-state index in [4.69, 9.17) is 4.74 Å². The summed E-state index contributed by atoms with van der Waals surface area (Å²) in [4.78, 5) is 0. The van der Waals surface area contributed by atoms with Crippen LogP contribution in [0.15, 0.2) is 16.6 Å². The van der Waals surface area contributed by atoms with Crippen LogP contribution in [0.5, 0.6) is 0 Å². The fourth-order valence-corrected chi connectivity index (χ4v) is 1.71. The van der Waals surface area contributed by atoms with Gasteiger partial charge in [-0.15, -0.1) is 0 Å². The van der Waals surface area contributed by atoms with Gasteiger partial charge in [-0.1, -0.05) is 0 Å². The molecule has 0 saturated heterocycles. The molecule has 2 nitrogen and oxygen atoms in total. The molecule has 16 heavy (non-hydrogen) atoms. The molecule has 0 fully saturated rings. The van der Waals surface area contributed by atoms with Gasteiger partial charge in [-0.25, -0.2) is 4.39 Å². The van der Waals surface area contributed by atoms with Gasteiger partial charge in [0.1, 0.15) is 5.82 Å². The molecule has 0 heterocycles. The monoisotopic (exact) mass is 289 g/mol. The van der Waals surface area contributed by atoms with Gasteiger partial charge in [0, 0.05) is 18.8 Å². The number of ether oxygens (including phenoxy) is 1. The van der Waals surface area contributed by atoms with Crippen LogP contribution in [0.25, 0.3) is 0 Å². The number of halogens is 2. The third-order valence-electron chi connectivity index (χ3n) is 2.73. The highest BCUT2D eigenvalue weighted by atomic mass is 79.9. The maximum atomic E-state index is 13.2. The lowest BCUT2D eigenvalue weighted by molar-refractivity contribution is 0.106. The zero-order valence-electron chi connectivity index (χ0n) is 9.97. The molecule has 0 radical (unpaired) electrons. The van der Waals surface area contributed by atoms with E-state index in [2.05, 4.69) is 21.2 Å². The molecular weight excluding hydrogens is 273 g/mol. The van der Waals surface area contributed by atoms with Crippen LogP contribution in [0, 0.1) is 12.7 Å². The van der Waals surface area contributed by atoms with Crippen LogP contribution in [0.1, 0.15) is 19.4 Å². The van der Waals surface area contributed by atoms with Gasteiger partial charge >= 0.3 is 0 Å². The lowest BCUT2D eigenvalue weighted by atomic mass is 10.1. The average molecular weight is 290 g/mol. The van der Waals surface area contributed by atoms with E-state index in [0.29, 0.717) is 4.47 Å². The summed E-state index contributed by atoms with van der Waals surface area (Å²) in [5, 5.41) is 3.31. The fraction of sp³-hybridized carbons (Fsp3) is 0.500. The summed E-state index contributed by atoms with van der Waals surface area (Å²) >= 11 is 3.18. The minimum Gasteiger partial charge on any atom is -0.380 e. The SMILES string of the molecule is COC(C)C(C)Nc1cc(Br)c(F)cc1C. The number of hydrogen-bond donors (Lipinski definition) is 1. The van der Waals surface area contributed by atoms with E-state index in [-0.39, 0.29) is 18.0 Å². The molecule has 1 N–H and O–H groups in total. The molecule has 0 aliphatic carbocycles. The van der Waals surface area contributed by atoms with E-state index in [1.54, 1.807) is 13.2 Å². The van der Waals surface area contributed by atoms with Gasteiger partial charge in [0.05, 0.1) is 10.6 Å². The largest absolute Gasteiger partial charge is 0.380 e. The molecule has 0 amide bonds. The van der Waals surface area contributed by atoms with Gasteiger partial charge in [-0.2, -0.15) is 0 Å². The molecule has 1 aromatic carbocycles. The zero-order valence-corrected chi connectivity index (χ0v) is 11.6. The van der Waals surface area contributed by atoms with Crippen molar-refractivity contribution in [3.05, 3.63) is 28.0 Å². The first kappa shape index (κ1) is 13.5. The standard InChI is InChI=1S/C12H17BrFNO/c1-7-5-11(14)10(13)6-12(7)15-8(2)9(3)16-4/h5-6,8-9,15H,1-4H3. The second kappa shape index (κ2) is 5.64. The number of aryl methyl sites for hydroxylation is 1. The van der Waals surface area contributed by atoms with Crippen LogP contribution in [0.3, 0.4) is 0 Å². The zero-order chi connectivity index (χ0) is 12.3. The van der Waals surface area contributed by atoms with E-state index in [9.17, 15) is 4.39 Å². The molecular formula is C12H17BrFNO. The van der Waals surface area contributed by atoms with Gasteiger partial charge < -0.3 is 10.1 Å². The van der Waals surface area contributed by atoms with Crippen molar-refractivity contribution in [2.24, 2.45) is 0 Å². The number of methoxy groups -OCH3 is 1. The third-order valence-corrected chi connectivity index (χ3v) is 3.33. The van der Waals surface area contributed by atoms with E-state index in [0.717, 1.165) is 11.3 Å². The van der Waals surface area contributed by atoms with E-state index in [1.807, 2.05) is 20.8 Å². The third kappa shape index (κ3) is 3.19. The highest BCUT2D eigenvalue weighted by Crippen LogP contribution is 2.25. The summed E-state index contributed by atoms with van der Waals surface area (Å²) in [6, 6.07) is 3.43. The first-order chi connectivity index (χ1) is 7.45. The molecule has 2 unspecified atom stereocenters. The van der Waals surface area contributed by atoms with Crippen LogP contribution in [-0.2, 0) is 4.74 Å². The number of hydrogen-bond acceptors (Lipinski definition) is 2. The maximum Gasteiger partial charge on any atom is 0.137 e. The van der Waals surface area contributed by atoms with Crippen molar-refractivity contribution in [3.8, 4) is 0 Å². The first-order valence-electron chi connectivity index (χ1n) is 5.20. The van der Waals surface area contributed by atoms with Crippen molar-refractivity contribution in [1.82, 2.24) is 0 Å². The number of benzene rings is 1. The Balaban J connectivity index is 2.85. The highest BCUT2D eigenvalue weighted by molar-refractivity contribution is 9.10. The summed E-state index contributed by atoms with van der Waals surface area (Å²) in [6.45, 7) is 5.90.